The van der Waals surface area contributed by atoms with E-state index in [-0.39, 0.29) is 6.04 Å². The number of ether oxygens (including phenoxy) is 2. The number of halogens is 1. The minimum absolute atomic E-state index is 0.124. The molecule has 3 N–H and O–H groups in total. The monoisotopic (exact) mass is 342 g/mol. The highest BCUT2D eigenvalue weighted by Gasteiger charge is 2.19. The largest absolute Gasteiger partial charge is 0.490 e. The molecule has 0 amide bonds. The Labute approximate surface area is 129 Å². The van der Waals surface area contributed by atoms with Crippen molar-refractivity contribution in [1.29, 1.82) is 0 Å². The van der Waals surface area contributed by atoms with Gasteiger partial charge in [-0.1, -0.05) is 6.92 Å². The lowest BCUT2D eigenvalue weighted by Gasteiger charge is -2.23. The van der Waals surface area contributed by atoms with Crippen molar-refractivity contribution in [2.75, 3.05) is 19.8 Å². The highest BCUT2D eigenvalue weighted by atomic mass is 79.9. The lowest BCUT2D eigenvalue weighted by atomic mass is 10.0. The SMILES string of the molecule is CCC(C)NC(CN)c1cc(Br)c2c(c1)OCCCO2. The third-order valence-electron chi connectivity index (χ3n) is 3.56. The van der Waals surface area contributed by atoms with E-state index in [1.54, 1.807) is 0 Å². The Morgan fingerprint density at radius 3 is 2.80 bits per heavy atom. The van der Waals surface area contributed by atoms with Gasteiger partial charge < -0.3 is 20.5 Å². The summed E-state index contributed by atoms with van der Waals surface area (Å²) < 4.78 is 12.4. The molecule has 112 valence electrons. The van der Waals surface area contributed by atoms with Gasteiger partial charge in [-0.15, -0.1) is 0 Å². The van der Waals surface area contributed by atoms with Crippen LogP contribution in [0.4, 0.5) is 0 Å². The predicted molar refractivity (Wildman–Crippen MR) is 84.4 cm³/mol. The van der Waals surface area contributed by atoms with Crippen LogP contribution in [0.3, 0.4) is 0 Å². The van der Waals surface area contributed by atoms with Crippen LogP contribution in [0, 0.1) is 0 Å². The average Bonchev–Trinajstić information content (AvgIpc) is 2.70. The van der Waals surface area contributed by atoms with Crippen molar-refractivity contribution in [2.45, 2.75) is 38.8 Å². The van der Waals surface area contributed by atoms with E-state index in [1.807, 2.05) is 6.07 Å². The summed E-state index contributed by atoms with van der Waals surface area (Å²) in [5.74, 6) is 1.60. The molecular weight excluding hydrogens is 320 g/mol. The van der Waals surface area contributed by atoms with Crippen LogP contribution in [0.15, 0.2) is 16.6 Å². The number of hydrogen-bond donors (Lipinski definition) is 2. The summed E-state index contributed by atoms with van der Waals surface area (Å²) in [7, 11) is 0. The van der Waals surface area contributed by atoms with Crippen molar-refractivity contribution >= 4 is 15.9 Å². The Balaban J connectivity index is 2.27. The van der Waals surface area contributed by atoms with E-state index in [0.29, 0.717) is 25.8 Å². The van der Waals surface area contributed by atoms with Crippen molar-refractivity contribution in [3.05, 3.63) is 22.2 Å². The van der Waals surface area contributed by atoms with Gasteiger partial charge in [0.2, 0.25) is 0 Å². The molecule has 2 atom stereocenters. The van der Waals surface area contributed by atoms with Gasteiger partial charge >= 0.3 is 0 Å². The highest BCUT2D eigenvalue weighted by molar-refractivity contribution is 9.10. The van der Waals surface area contributed by atoms with Crippen LogP contribution in [0.1, 0.15) is 38.3 Å². The van der Waals surface area contributed by atoms with Crippen molar-refractivity contribution in [1.82, 2.24) is 5.32 Å². The van der Waals surface area contributed by atoms with E-state index < -0.39 is 0 Å². The summed E-state index contributed by atoms with van der Waals surface area (Å²) in [5, 5.41) is 3.54. The quantitative estimate of drug-likeness (QED) is 0.863. The van der Waals surface area contributed by atoms with Gasteiger partial charge in [-0.2, -0.15) is 0 Å². The lowest BCUT2D eigenvalue weighted by molar-refractivity contribution is 0.296. The average molecular weight is 343 g/mol. The number of nitrogens with two attached hydrogens (primary N) is 1. The van der Waals surface area contributed by atoms with Crippen molar-refractivity contribution < 1.29 is 9.47 Å². The second kappa shape index (κ2) is 7.29. The summed E-state index contributed by atoms with van der Waals surface area (Å²) in [5.41, 5.74) is 7.04. The number of rotatable bonds is 5. The van der Waals surface area contributed by atoms with Crippen molar-refractivity contribution in [3.8, 4) is 11.5 Å². The molecule has 20 heavy (non-hydrogen) atoms. The molecule has 0 spiro atoms. The van der Waals surface area contributed by atoms with Crippen LogP contribution >= 0.6 is 15.9 Å². The van der Waals surface area contributed by atoms with Crippen LogP contribution in [0.25, 0.3) is 0 Å². The third kappa shape index (κ3) is 3.65. The number of fused-ring (bicyclic) bond motifs is 1. The van der Waals surface area contributed by atoms with Gasteiger partial charge in [0.05, 0.1) is 17.7 Å². The van der Waals surface area contributed by atoms with E-state index in [4.69, 9.17) is 15.2 Å². The molecule has 1 aliphatic rings. The number of hydrogen-bond acceptors (Lipinski definition) is 4. The van der Waals surface area contributed by atoms with E-state index >= 15 is 0 Å². The van der Waals surface area contributed by atoms with Crippen LogP contribution in [-0.2, 0) is 0 Å². The van der Waals surface area contributed by atoms with Gasteiger partial charge in [-0.25, -0.2) is 0 Å². The Hall–Kier alpha value is -0.780. The summed E-state index contributed by atoms with van der Waals surface area (Å²) in [6.07, 6.45) is 1.98. The maximum absolute atomic E-state index is 5.91. The maximum atomic E-state index is 5.91. The molecule has 1 aromatic carbocycles. The maximum Gasteiger partial charge on any atom is 0.175 e. The molecule has 5 heteroatoms. The highest BCUT2D eigenvalue weighted by Crippen LogP contribution is 2.39. The zero-order valence-corrected chi connectivity index (χ0v) is 13.7. The zero-order chi connectivity index (χ0) is 14.5. The van der Waals surface area contributed by atoms with E-state index in [1.165, 1.54) is 0 Å². The van der Waals surface area contributed by atoms with E-state index in [0.717, 1.165) is 34.4 Å². The van der Waals surface area contributed by atoms with Crippen molar-refractivity contribution in [2.24, 2.45) is 5.73 Å². The van der Waals surface area contributed by atoms with Crippen LogP contribution < -0.4 is 20.5 Å². The minimum Gasteiger partial charge on any atom is -0.490 e. The fraction of sp³-hybridized carbons (Fsp3) is 0.600. The fourth-order valence-electron chi connectivity index (χ4n) is 2.21. The van der Waals surface area contributed by atoms with E-state index in [9.17, 15) is 0 Å². The first-order chi connectivity index (χ1) is 9.65. The molecule has 2 rings (SSSR count). The number of nitrogens with one attached hydrogen (secondary N) is 1. The first kappa shape index (κ1) is 15.6. The first-order valence-corrected chi connectivity index (χ1v) is 8.00. The molecule has 0 saturated carbocycles. The Morgan fingerprint density at radius 1 is 1.35 bits per heavy atom. The number of benzene rings is 1. The predicted octanol–water partition coefficient (Wildman–Crippen LogP) is 3.00. The second-order valence-electron chi connectivity index (χ2n) is 5.14. The Morgan fingerprint density at radius 2 is 2.10 bits per heavy atom. The summed E-state index contributed by atoms with van der Waals surface area (Å²) >= 11 is 3.57. The molecule has 4 nitrogen and oxygen atoms in total. The molecular formula is C15H23BrN2O2. The molecule has 0 bridgehead atoms. The second-order valence-corrected chi connectivity index (χ2v) is 6.00. The third-order valence-corrected chi connectivity index (χ3v) is 4.15. The van der Waals surface area contributed by atoms with Gasteiger partial charge in [-0.3, -0.25) is 0 Å². The van der Waals surface area contributed by atoms with Crippen molar-refractivity contribution in [3.63, 3.8) is 0 Å². The summed E-state index contributed by atoms with van der Waals surface area (Å²) in [6, 6.07) is 4.66. The molecule has 0 aliphatic carbocycles. The van der Waals surface area contributed by atoms with Crippen LogP contribution in [0.5, 0.6) is 11.5 Å². The molecule has 1 aliphatic heterocycles. The molecule has 2 unspecified atom stereocenters. The standard InChI is InChI=1S/C15H23BrN2O2/c1-3-10(2)18-13(9-17)11-7-12(16)15-14(8-11)19-5-4-6-20-15/h7-8,10,13,18H,3-6,9,17H2,1-2H3. The van der Waals surface area contributed by atoms with Gasteiger partial charge in [-0.05, 0) is 47.0 Å². The molecule has 1 aromatic rings. The van der Waals surface area contributed by atoms with E-state index in [2.05, 4.69) is 41.2 Å². The fourth-order valence-corrected chi connectivity index (χ4v) is 2.79. The molecule has 0 radical (unpaired) electrons. The van der Waals surface area contributed by atoms with Gasteiger partial charge in [0.25, 0.3) is 0 Å². The van der Waals surface area contributed by atoms with Gasteiger partial charge in [0, 0.05) is 25.0 Å². The molecule has 1 heterocycles. The molecule has 0 saturated heterocycles. The topological polar surface area (TPSA) is 56.5 Å². The smallest absolute Gasteiger partial charge is 0.175 e. The molecule has 0 aromatic heterocycles. The summed E-state index contributed by atoms with van der Waals surface area (Å²) in [6.45, 7) is 6.26. The minimum atomic E-state index is 0.124. The van der Waals surface area contributed by atoms with Crippen LogP contribution in [0.2, 0.25) is 0 Å². The lowest BCUT2D eigenvalue weighted by Crippen LogP contribution is -2.34. The normalized spacial score (nSPS) is 17.4. The van der Waals surface area contributed by atoms with Crippen LogP contribution in [-0.4, -0.2) is 25.8 Å². The molecule has 0 fully saturated rings. The Kier molecular flexibility index (Phi) is 5.69. The Bertz CT molecular complexity index is 454. The van der Waals surface area contributed by atoms with Gasteiger partial charge in [0.15, 0.2) is 11.5 Å². The van der Waals surface area contributed by atoms with Gasteiger partial charge in [0.1, 0.15) is 0 Å². The summed E-state index contributed by atoms with van der Waals surface area (Å²) in [4.78, 5) is 0. The first-order valence-electron chi connectivity index (χ1n) is 7.20. The zero-order valence-electron chi connectivity index (χ0n) is 12.1.